The number of hydrogen-bond acceptors (Lipinski definition) is 3. The Balaban J connectivity index is 2.10. The van der Waals surface area contributed by atoms with Gasteiger partial charge in [-0.2, -0.15) is 0 Å². The van der Waals surface area contributed by atoms with Gasteiger partial charge in [-0.25, -0.2) is 13.6 Å². The van der Waals surface area contributed by atoms with Gasteiger partial charge in [-0.05, 0) is 48.2 Å². The van der Waals surface area contributed by atoms with Crippen molar-refractivity contribution in [1.82, 2.24) is 0 Å². The molecule has 19 heavy (non-hydrogen) atoms. The molecule has 0 aliphatic heterocycles. The quantitative estimate of drug-likeness (QED) is 0.833. The van der Waals surface area contributed by atoms with Gasteiger partial charge in [-0.15, -0.1) is 0 Å². The lowest BCUT2D eigenvalue weighted by Crippen LogP contribution is -2.12. The number of nitrogen functional groups attached to an aromatic ring is 1. The van der Waals surface area contributed by atoms with Crippen LogP contribution in [0.5, 0.6) is 0 Å². The average molecular weight is 276 g/mol. The maximum Gasteiger partial charge on any atom is 0.238 e. The second-order valence-corrected chi connectivity index (χ2v) is 6.00. The van der Waals surface area contributed by atoms with Crippen LogP contribution < -0.4 is 10.9 Å². The van der Waals surface area contributed by atoms with Crippen LogP contribution in [0.4, 0.5) is 5.69 Å². The first kappa shape index (κ1) is 13.6. The number of hydrogen-bond donors (Lipinski definition) is 2. The van der Waals surface area contributed by atoms with E-state index in [-0.39, 0.29) is 4.90 Å². The summed E-state index contributed by atoms with van der Waals surface area (Å²) in [7, 11) is -3.63. The summed E-state index contributed by atoms with van der Waals surface area (Å²) in [6, 6.07) is 14.4. The van der Waals surface area contributed by atoms with Gasteiger partial charge in [0.1, 0.15) is 0 Å². The molecule has 4 N–H and O–H groups in total. The maximum atomic E-state index is 11.3. The molecule has 2 aromatic rings. The Hall–Kier alpha value is -1.85. The highest BCUT2D eigenvalue weighted by atomic mass is 32.2. The zero-order chi connectivity index (χ0) is 13.9. The monoisotopic (exact) mass is 276 g/mol. The van der Waals surface area contributed by atoms with E-state index < -0.39 is 10.0 Å². The molecule has 0 spiro atoms. The standard InChI is InChI=1S/C14H16N2O2S/c15-13-8-6-11(7-9-13)4-5-12-2-1-3-14(10-12)19(16,17)18/h1-3,6-10H,4-5,15H2,(H2,16,17,18). The van der Waals surface area contributed by atoms with Gasteiger partial charge in [0.05, 0.1) is 4.90 Å². The van der Waals surface area contributed by atoms with Crippen LogP contribution in [0.15, 0.2) is 53.4 Å². The molecule has 4 nitrogen and oxygen atoms in total. The van der Waals surface area contributed by atoms with E-state index in [1.807, 2.05) is 30.3 Å². The molecule has 0 saturated carbocycles. The van der Waals surface area contributed by atoms with Crippen molar-refractivity contribution in [2.45, 2.75) is 17.7 Å². The van der Waals surface area contributed by atoms with E-state index in [4.69, 9.17) is 10.9 Å². The van der Waals surface area contributed by atoms with Gasteiger partial charge in [0.2, 0.25) is 10.0 Å². The third kappa shape index (κ3) is 3.81. The van der Waals surface area contributed by atoms with Gasteiger partial charge in [-0.1, -0.05) is 24.3 Å². The molecule has 0 heterocycles. The third-order valence-electron chi connectivity index (χ3n) is 2.91. The van der Waals surface area contributed by atoms with Gasteiger partial charge in [0, 0.05) is 5.69 Å². The zero-order valence-corrected chi connectivity index (χ0v) is 11.2. The second-order valence-electron chi connectivity index (χ2n) is 4.43. The number of aryl methyl sites for hydroxylation is 2. The van der Waals surface area contributed by atoms with E-state index in [2.05, 4.69) is 0 Å². The number of benzene rings is 2. The van der Waals surface area contributed by atoms with Crippen molar-refractivity contribution in [2.24, 2.45) is 5.14 Å². The highest BCUT2D eigenvalue weighted by molar-refractivity contribution is 7.89. The fourth-order valence-corrected chi connectivity index (χ4v) is 2.43. The average Bonchev–Trinajstić information content (AvgIpc) is 2.37. The fourth-order valence-electron chi connectivity index (χ4n) is 1.85. The van der Waals surface area contributed by atoms with Gasteiger partial charge in [0.25, 0.3) is 0 Å². The molecular weight excluding hydrogens is 260 g/mol. The summed E-state index contributed by atoms with van der Waals surface area (Å²) in [6.45, 7) is 0. The Bertz CT molecular complexity index is 664. The van der Waals surface area contributed by atoms with E-state index in [0.29, 0.717) is 0 Å². The van der Waals surface area contributed by atoms with E-state index in [9.17, 15) is 8.42 Å². The molecule has 0 radical (unpaired) electrons. The predicted octanol–water partition coefficient (Wildman–Crippen LogP) is 1.70. The maximum absolute atomic E-state index is 11.3. The Morgan fingerprint density at radius 1 is 0.895 bits per heavy atom. The molecule has 0 aliphatic carbocycles. The molecule has 0 aliphatic rings. The minimum atomic E-state index is -3.63. The summed E-state index contributed by atoms with van der Waals surface area (Å²) in [5, 5.41) is 5.11. The van der Waals surface area contributed by atoms with E-state index in [0.717, 1.165) is 29.7 Å². The lowest BCUT2D eigenvalue weighted by Gasteiger charge is -2.05. The van der Waals surface area contributed by atoms with Crippen LogP contribution >= 0.6 is 0 Å². The molecule has 0 bridgehead atoms. The summed E-state index contributed by atoms with van der Waals surface area (Å²) < 4.78 is 22.5. The van der Waals surface area contributed by atoms with Gasteiger partial charge >= 0.3 is 0 Å². The van der Waals surface area contributed by atoms with Crippen LogP contribution in [0.25, 0.3) is 0 Å². The van der Waals surface area contributed by atoms with Crippen molar-refractivity contribution in [1.29, 1.82) is 0 Å². The zero-order valence-electron chi connectivity index (χ0n) is 10.4. The fraction of sp³-hybridized carbons (Fsp3) is 0.143. The number of nitrogens with two attached hydrogens (primary N) is 2. The van der Waals surface area contributed by atoms with Crippen molar-refractivity contribution in [3.63, 3.8) is 0 Å². The van der Waals surface area contributed by atoms with Crippen LogP contribution in [0, 0.1) is 0 Å². The lowest BCUT2D eigenvalue weighted by atomic mass is 10.0. The molecule has 0 amide bonds. The molecule has 0 atom stereocenters. The minimum absolute atomic E-state index is 0.155. The molecular formula is C14H16N2O2S. The Kier molecular flexibility index (Phi) is 3.87. The Labute approximate surface area is 113 Å². The Morgan fingerprint density at radius 2 is 1.53 bits per heavy atom. The first-order chi connectivity index (χ1) is 8.95. The van der Waals surface area contributed by atoms with Crippen LogP contribution in [0.3, 0.4) is 0 Å². The molecule has 0 saturated heterocycles. The van der Waals surface area contributed by atoms with Gasteiger partial charge in [0.15, 0.2) is 0 Å². The van der Waals surface area contributed by atoms with Crippen molar-refractivity contribution in [3.8, 4) is 0 Å². The highest BCUT2D eigenvalue weighted by Crippen LogP contribution is 2.13. The summed E-state index contributed by atoms with van der Waals surface area (Å²) in [6.07, 6.45) is 1.58. The molecule has 2 aromatic carbocycles. The summed E-state index contributed by atoms with van der Waals surface area (Å²) in [5.41, 5.74) is 8.47. The topological polar surface area (TPSA) is 86.2 Å². The largest absolute Gasteiger partial charge is 0.399 e. The SMILES string of the molecule is Nc1ccc(CCc2cccc(S(N)(=O)=O)c2)cc1. The van der Waals surface area contributed by atoms with Crippen molar-refractivity contribution in [3.05, 3.63) is 59.7 Å². The van der Waals surface area contributed by atoms with Crippen LogP contribution in [-0.2, 0) is 22.9 Å². The van der Waals surface area contributed by atoms with Crippen molar-refractivity contribution >= 4 is 15.7 Å². The summed E-state index contributed by atoms with van der Waals surface area (Å²) >= 11 is 0. The lowest BCUT2D eigenvalue weighted by molar-refractivity contribution is 0.597. The van der Waals surface area contributed by atoms with Gasteiger partial charge < -0.3 is 5.73 Å². The molecule has 0 aromatic heterocycles. The minimum Gasteiger partial charge on any atom is -0.399 e. The molecule has 5 heteroatoms. The molecule has 100 valence electrons. The summed E-state index contributed by atoms with van der Waals surface area (Å²) in [4.78, 5) is 0.155. The number of rotatable bonds is 4. The van der Waals surface area contributed by atoms with Crippen molar-refractivity contribution < 1.29 is 8.42 Å². The molecule has 0 unspecified atom stereocenters. The number of anilines is 1. The van der Waals surface area contributed by atoms with Gasteiger partial charge in [-0.3, -0.25) is 0 Å². The third-order valence-corrected chi connectivity index (χ3v) is 3.82. The van der Waals surface area contributed by atoms with Crippen LogP contribution in [0.2, 0.25) is 0 Å². The van der Waals surface area contributed by atoms with E-state index >= 15 is 0 Å². The first-order valence-corrected chi connectivity index (χ1v) is 7.46. The molecule has 2 rings (SSSR count). The highest BCUT2D eigenvalue weighted by Gasteiger charge is 2.07. The smallest absolute Gasteiger partial charge is 0.238 e. The molecule has 0 fully saturated rings. The first-order valence-electron chi connectivity index (χ1n) is 5.91. The number of primary sulfonamides is 1. The van der Waals surface area contributed by atoms with E-state index in [1.54, 1.807) is 12.1 Å². The van der Waals surface area contributed by atoms with Crippen molar-refractivity contribution in [2.75, 3.05) is 5.73 Å². The van der Waals surface area contributed by atoms with Crippen LogP contribution in [0.1, 0.15) is 11.1 Å². The normalized spacial score (nSPS) is 11.4. The van der Waals surface area contributed by atoms with Crippen LogP contribution in [-0.4, -0.2) is 8.42 Å². The van der Waals surface area contributed by atoms with E-state index in [1.165, 1.54) is 6.07 Å². The predicted molar refractivity (Wildman–Crippen MR) is 76.1 cm³/mol. The Morgan fingerprint density at radius 3 is 2.16 bits per heavy atom. The second kappa shape index (κ2) is 5.42. The number of sulfonamides is 1. The summed E-state index contributed by atoms with van der Waals surface area (Å²) in [5.74, 6) is 0.